The number of carbonyl (C=O) groups is 2. The molecule has 1 unspecified atom stereocenters. The topological polar surface area (TPSA) is 86.5 Å². The fourth-order valence-electron chi connectivity index (χ4n) is 2.06. The number of benzene rings is 2. The van der Waals surface area contributed by atoms with Gasteiger partial charge in [0.2, 0.25) is 5.78 Å². The number of nitro groups is 1. The van der Waals surface area contributed by atoms with Crippen LogP contribution >= 0.6 is 0 Å². The van der Waals surface area contributed by atoms with Crippen molar-refractivity contribution < 1.29 is 28.0 Å². The summed E-state index contributed by atoms with van der Waals surface area (Å²) in [5, 5.41) is 10.7. The van der Waals surface area contributed by atoms with Gasteiger partial charge in [-0.1, -0.05) is 12.1 Å². The summed E-state index contributed by atoms with van der Waals surface area (Å²) in [7, 11) is 0. The van der Waals surface area contributed by atoms with Crippen LogP contribution in [0.2, 0.25) is 0 Å². The molecule has 0 bridgehead atoms. The molecule has 26 heavy (non-hydrogen) atoms. The lowest BCUT2D eigenvalue weighted by atomic mass is 10.1. The summed E-state index contributed by atoms with van der Waals surface area (Å²) < 4.78 is 31.0. The van der Waals surface area contributed by atoms with Crippen molar-refractivity contribution >= 4 is 23.5 Å². The number of carbonyl (C=O) groups excluding carboxylic acids is 2. The second kappa shape index (κ2) is 8.11. The predicted molar refractivity (Wildman–Crippen MR) is 88.4 cm³/mol. The first-order valence-corrected chi connectivity index (χ1v) is 7.40. The van der Waals surface area contributed by atoms with Gasteiger partial charge < -0.3 is 4.74 Å². The van der Waals surface area contributed by atoms with Gasteiger partial charge in [-0.2, -0.15) is 0 Å². The van der Waals surface area contributed by atoms with E-state index < -0.39 is 34.4 Å². The number of nitrogens with zero attached hydrogens (tertiary/aromatic N) is 1. The molecule has 0 N–H and O–H groups in total. The maximum Gasteiger partial charge on any atom is 0.331 e. The molecule has 2 aromatic rings. The minimum absolute atomic E-state index is 0.133. The maximum absolute atomic E-state index is 13.2. The van der Waals surface area contributed by atoms with Gasteiger partial charge in [0.25, 0.3) is 5.69 Å². The fraction of sp³-hybridized carbons (Fsp3) is 0.111. The minimum atomic E-state index is -1.22. The van der Waals surface area contributed by atoms with E-state index in [4.69, 9.17) is 4.74 Å². The quantitative estimate of drug-likeness (QED) is 0.257. The highest BCUT2D eigenvalue weighted by atomic mass is 19.2. The predicted octanol–water partition coefficient (Wildman–Crippen LogP) is 3.70. The molecule has 0 saturated heterocycles. The normalized spacial score (nSPS) is 12.0. The summed E-state index contributed by atoms with van der Waals surface area (Å²) in [6.07, 6.45) is 1.08. The molecule has 0 saturated carbocycles. The van der Waals surface area contributed by atoms with Crippen LogP contribution in [0.1, 0.15) is 22.8 Å². The SMILES string of the molecule is CC(OC(=O)/C=C/c1cccc([N+](=O)[O-])c1)C(=O)c1ccc(F)c(F)c1. The number of esters is 1. The molecular formula is C18H13F2NO5. The van der Waals surface area contributed by atoms with Crippen molar-refractivity contribution in [2.45, 2.75) is 13.0 Å². The molecule has 0 fully saturated rings. The van der Waals surface area contributed by atoms with Crippen molar-refractivity contribution in [3.63, 3.8) is 0 Å². The number of hydrogen-bond acceptors (Lipinski definition) is 5. The van der Waals surface area contributed by atoms with E-state index in [0.717, 1.165) is 24.3 Å². The van der Waals surface area contributed by atoms with Gasteiger partial charge in [0.15, 0.2) is 17.7 Å². The number of rotatable bonds is 6. The van der Waals surface area contributed by atoms with Crippen molar-refractivity contribution in [1.82, 2.24) is 0 Å². The first kappa shape index (κ1) is 18.9. The number of ether oxygens (including phenoxy) is 1. The summed E-state index contributed by atoms with van der Waals surface area (Å²) >= 11 is 0. The Morgan fingerprint density at radius 3 is 2.54 bits per heavy atom. The summed E-state index contributed by atoms with van der Waals surface area (Å²) in [6, 6.07) is 8.19. The number of ketones is 1. The Labute approximate surface area is 146 Å². The van der Waals surface area contributed by atoms with Crippen LogP contribution in [-0.4, -0.2) is 22.8 Å². The van der Waals surface area contributed by atoms with Crippen LogP contribution in [0, 0.1) is 21.7 Å². The lowest BCUT2D eigenvalue weighted by molar-refractivity contribution is -0.384. The molecule has 2 aromatic carbocycles. The molecule has 0 aliphatic heterocycles. The van der Waals surface area contributed by atoms with Gasteiger partial charge in [-0.25, -0.2) is 13.6 Å². The third-order valence-corrected chi connectivity index (χ3v) is 3.36. The summed E-state index contributed by atoms with van der Waals surface area (Å²) in [4.78, 5) is 34.0. The Kier molecular flexibility index (Phi) is 5.90. The smallest absolute Gasteiger partial charge is 0.331 e. The Bertz CT molecular complexity index is 895. The number of non-ortho nitro benzene ring substituents is 1. The van der Waals surface area contributed by atoms with Gasteiger partial charge in [-0.3, -0.25) is 14.9 Å². The zero-order valence-electron chi connectivity index (χ0n) is 13.5. The molecule has 0 aliphatic rings. The highest BCUT2D eigenvalue weighted by molar-refractivity contribution is 6.01. The lowest BCUT2D eigenvalue weighted by Crippen LogP contribution is -2.23. The van der Waals surface area contributed by atoms with Crippen LogP contribution in [0.25, 0.3) is 6.08 Å². The van der Waals surface area contributed by atoms with Crippen LogP contribution in [-0.2, 0) is 9.53 Å². The lowest BCUT2D eigenvalue weighted by Gasteiger charge is -2.11. The van der Waals surface area contributed by atoms with Crippen LogP contribution in [0.3, 0.4) is 0 Å². The van der Waals surface area contributed by atoms with Gasteiger partial charge in [0.1, 0.15) is 0 Å². The van der Waals surface area contributed by atoms with E-state index in [-0.39, 0.29) is 11.3 Å². The molecule has 2 rings (SSSR count). The Balaban J connectivity index is 2.02. The van der Waals surface area contributed by atoms with E-state index in [1.54, 1.807) is 6.07 Å². The van der Waals surface area contributed by atoms with Crippen molar-refractivity contribution in [3.05, 3.63) is 81.4 Å². The average Bonchev–Trinajstić information content (AvgIpc) is 2.61. The molecule has 134 valence electrons. The summed E-state index contributed by atoms with van der Waals surface area (Å²) in [5.41, 5.74) is 0.130. The number of Topliss-reactive ketones (excluding diaryl/α,β-unsaturated/α-hetero) is 1. The van der Waals surface area contributed by atoms with Gasteiger partial charge >= 0.3 is 5.97 Å². The van der Waals surface area contributed by atoms with Crippen LogP contribution in [0.15, 0.2) is 48.5 Å². The molecular weight excluding hydrogens is 348 g/mol. The van der Waals surface area contributed by atoms with E-state index in [1.165, 1.54) is 31.2 Å². The second-order valence-corrected chi connectivity index (χ2v) is 5.26. The Morgan fingerprint density at radius 1 is 1.15 bits per heavy atom. The van der Waals surface area contributed by atoms with Crippen molar-refractivity contribution in [2.75, 3.05) is 0 Å². The first-order valence-electron chi connectivity index (χ1n) is 7.40. The third kappa shape index (κ3) is 4.79. The number of nitro benzene ring substituents is 1. The average molecular weight is 361 g/mol. The van der Waals surface area contributed by atoms with Gasteiger partial charge in [-0.05, 0) is 36.8 Å². The molecule has 0 radical (unpaired) electrons. The largest absolute Gasteiger partial charge is 0.451 e. The Morgan fingerprint density at radius 2 is 1.88 bits per heavy atom. The molecule has 6 nitrogen and oxygen atoms in total. The van der Waals surface area contributed by atoms with Gasteiger partial charge in [0, 0.05) is 23.8 Å². The monoisotopic (exact) mass is 361 g/mol. The van der Waals surface area contributed by atoms with E-state index in [2.05, 4.69) is 0 Å². The van der Waals surface area contributed by atoms with E-state index in [1.807, 2.05) is 0 Å². The second-order valence-electron chi connectivity index (χ2n) is 5.26. The zero-order valence-corrected chi connectivity index (χ0v) is 13.5. The van der Waals surface area contributed by atoms with Gasteiger partial charge in [0.05, 0.1) is 4.92 Å². The number of hydrogen-bond donors (Lipinski definition) is 0. The zero-order chi connectivity index (χ0) is 19.3. The summed E-state index contributed by atoms with van der Waals surface area (Å²) in [5.74, 6) is -3.83. The van der Waals surface area contributed by atoms with Gasteiger partial charge in [-0.15, -0.1) is 0 Å². The molecule has 8 heteroatoms. The van der Waals surface area contributed by atoms with Crippen molar-refractivity contribution in [3.8, 4) is 0 Å². The Hall–Kier alpha value is -3.42. The molecule has 0 heterocycles. The fourth-order valence-corrected chi connectivity index (χ4v) is 2.06. The van der Waals surface area contributed by atoms with Crippen LogP contribution < -0.4 is 0 Å². The molecule has 0 aromatic heterocycles. The number of halogens is 2. The molecule has 0 amide bonds. The maximum atomic E-state index is 13.2. The summed E-state index contributed by atoms with van der Waals surface area (Å²) in [6.45, 7) is 1.29. The standard InChI is InChI=1S/C18H13F2NO5/c1-11(18(23)13-6-7-15(19)16(20)10-13)26-17(22)8-5-12-3-2-4-14(9-12)21(24)25/h2-11H,1H3/b8-5+. The van der Waals surface area contributed by atoms with Crippen LogP contribution in [0.5, 0.6) is 0 Å². The molecule has 0 aliphatic carbocycles. The van der Waals surface area contributed by atoms with Crippen molar-refractivity contribution in [1.29, 1.82) is 0 Å². The van der Waals surface area contributed by atoms with E-state index in [0.29, 0.717) is 5.56 Å². The van der Waals surface area contributed by atoms with Crippen LogP contribution in [0.4, 0.5) is 14.5 Å². The highest BCUT2D eigenvalue weighted by Crippen LogP contribution is 2.15. The first-order chi connectivity index (χ1) is 12.3. The third-order valence-electron chi connectivity index (χ3n) is 3.36. The molecule has 1 atom stereocenters. The minimum Gasteiger partial charge on any atom is -0.451 e. The van der Waals surface area contributed by atoms with E-state index >= 15 is 0 Å². The highest BCUT2D eigenvalue weighted by Gasteiger charge is 2.19. The molecule has 0 spiro atoms. The van der Waals surface area contributed by atoms with Crippen molar-refractivity contribution in [2.24, 2.45) is 0 Å². The van der Waals surface area contributed by atoms with E-state index in [9.17, 15) is 28.5 Å².